The van der Waals surface area contributed by atoms with Crippen LogP contribution >= 0.6 is 11.6 Å². The molecule has 0 saturated carbocycles. The molecule has 0 saturated heterocycles. The molecule has 2 amide bonds. The van der Waals surface area contributed by atoms with Crippen molar-refractivity contribution >= 4 is 29.1 Å². The molecule has 3 aromatic carbocycles. The molecule has 0 spiro atoms. The Hall–Kier alpha value is -4.03. The lowest BCUT2D eigenvalue weighted by Crippen LogP contribution is -2.30. The zero-order valence-corrected chi connectivity index (χ0v) is 19.6. The molecule has 0 radical (unpaired) electrons. The Morgan fingerprint density at radius 2 is 1.63 bits per heavy atom. The van der Waals surface area contributed by atoms with E-state index in [0.29, 0.717) is 22.8 Å². The zero-order chi connectivity index (χ0) is 24.6. The number of benzene rings is 3. The molecule has 4 aromatic rings. The van der Waals surface area contributed by atoms with Crippen LogP contribution in [0.4, 0.5) is 10.1 Å². The average Bonchev–Trinajstić information content (AvgIpc) is 2.88. The van der Waals surface area contributed by atoms with Crippen LogP contribution in [-0.2, 0) is 24.3 Å². The lowest BCUT2D eigenvalue weighted by molar-refractivity contribution is -0.120. The number of amides is 2. The first-order valence-corrected chi connectivity index (χ1v) is 11.4. The molecule has 0 aliphatic carbocycles. The number of nitrogens with zero attached hydrogens (tertiary/aromatic N) is 2. The van der Waals surface area contributed by atoms with Gasteiger partial charge in [-0.15, -0.1) is 0 Å². The van der Waals surface area contributed by atoms with Crippen LogP contribution in [0, 0.1) is 5.82 Å². The summed E-state index contributed by atoms with van der Waals surface area (Å²) in [5.74, 6) is -0.715. The van der Waals surface area contributed by atoms with Crippen molar-refractivity contribution < 1.29 is 14.0 Å². The fourth-order valence-corrected chi connectivity index (χ4v) is 3.71. The van der Waals surface area contributed by atoms with Crippen molar-refractivity contribution in [2.24, 2.45) is 0 Å². The van der Waals surface area contributed by atoms with Gasteiger partial charge in [-0.25, -0.2) is 4.39 Å². The third-order valence-electron chi connectivity index (χ3n) is 5.39. The first-order valence-electron chi connectivity index (χ1n) is 11.0. The van der Waals surface area contributed by atoms with Gasteiger partial charge in [-0.1, -0.05) is 41.9 Å². The Kier molecular flexibility index (Phi) is 7.85. The molecule has 0 aliphatic rings. The SMILES string of the molecule is O=C(Cc1cccc(N(Cc2ccc(F)cc2)C(=O)c2ccc(Cl)cc2)c1)NCc1cccnc1. The van der Waals surface area contributed by atoms with Gasteiger partial charge in [-0.3, -0.25) is 14.6 Å². The smallest absolute Gasteiger partial charge is 0.258 e. The molecular weight excluding hydrogens is 465 g/mol. The number of hydrogen-bond donors (Lipinski definition) is 1. The highest BCUT2D eigenvalue weighted by Crippen LogP contribution is 2.23. The summed E-state index contributed by atoms with van der Waals surface area (Å²) in [6.07, 6.45) is 3.55. The highest BCUT2D eigenvalue weighted by molar-refractivity contribution is 6.30. The Morgan fingerprint density at radius 1 is 0.886 bits per heavy atom. The van der Waals surface area contributed by atoms with Gasteiger partial charge in [0.15, 0.2) is 0 Å². The molecule has 0 unspecified atom stereocenters. The zero-order valence-electron chi connectivity index (χ0n) is 18.8. The van der Waals surface area contributed by atoms with E-state index >= 15 is 0 Å². The number of nitrogens with one attached hydrogen (secondary N) is 1. The predicted octanol–water partition coefficient (Wildman–Crippen LogP) is 5.58. The molecule has 0 aliphatic heterocycles. The quantitative estimate of drug-likeness (QED) is 0.353. The summed E-state index contributed by atoms with van der Waals surface area (Å²) >= 11 is 5.99. The molecule has 5 nitrogen and oxygen atoms in total. The average molecular weight is 488 g/mol. The summed E-state index contributed by atoms with van der Waals surface area (Å²) in [4.78, 5) is 31.6. The molecule has 176 valence electrons. The Morgan fingerprint density at radius 3 is 2.34 bits per heavy atom. The third kappa shape index (κ3) is 6.74. The molecule has 0 fully saturated rings. The first-order chi connectivity index (χ1) is 17.0. The van der Waals surface area contributed by atoms with Gasteiger partial charge in [0.1, 0.15) is 5.82 Å². The number of aromatic nitrogens is 1. The number of rotatable bonds is 8. The largest absolute Gasteiger partial charge is 0.352 e. The van der Waals surface area contributed by atoms with Gasteiger partial charge in [0, 0.05) is 35.2 Å². The Bertz CT molecular complexity index is 1300. The van der Waals surface area contributed by atoms with Crippen LogP contribution in [0.2, 0.25) is 5.02 Å². The van der Waals surface area contributed by atoms with E-state index in [4.69, 9.17) is 11.6 Å². The van der Waals surface area contributed by atoms with Gasteiger partial charge in [0.25, 0.3) is 5.91 Å². The summed E-state index contributed by atoms with van der Waals surface area (Å²) in [5.41, 5.74) is 3.55. The Labute approximate surface area is 208 Å². The standard InChI is InChI=1S/C28H23ClFN3O2/c29-24-10-8-23(9-11-24)28(35)33(19-20-6-12-25(30)13-7-20)26-5-1-3-21(15-26)16-27(34)32-18-22-4-2-14-31-17-22/h1-15,17H,16,18-19H2,(H,32,34). The van der Waals surface area contributed by atoms with Gasteiger partial charge >= 0.3 is 0 Å². The van der Waals surface area contributed by atoms with Crippen LogP contribution < -0.4 is 10.2 Å². The van der Waals surface area contributed by atoms with E-state index in [1.54, 1.807) is 53.7 Å². The van der Waals surface area contributed by atoms with E-state index in [9.17, 15) is 14.0 Å². The van der Waals surface area contributed by atoms with Crippen LogP contribution in [0.15, 0.2) is 97.3 Å². The highest BCUT2D eigenvalue weighted by atomic mass is 35.5. The van der Waals surface area contributed by atoms with Crippen molar-refractivity contribution in [3.8, 4) is 0 Å². The minimum absolute atomic E-state index is 0.139. The maximum Gasteiger partial charge on any atom is 0.258 e. The second-order valence-corrected chi connectivity index (χ2v) is 8.45. The second-order valence-electron chi connectivity index (χ2n) is 8.01. The van der Waals surface area contributed by atoms with E-state index in [2.05, 4.69) is 10.3 Å². The van der Waals surface area contributed by atoms with E-state index in [0.717, 1.165) is 16.7 Å². The van der Waals surface area contributed by atoms with Crippen molar-refractivity contribution in [2.75, 3.05) is 4.90 Å². The van der Waals surface area contributed by atoms with Crippen molar-refractivity contribution in [2.45, 2.75) is 19.5 Å². The van der Waals surface area contributed by atoms with Crippen LogP contribution in [0.5, 0.6) is 0 Å². The lowest BCUT2D eigenvalue weighted by atomic mass is 10.1. The Balaban J connectivity index is 1.54. The van der Waals surface area contributed by atoms with Gasteiger partial charge in [-0.2, -0.15) is 0 Å². The number of carbonyl (C=O) groups is 2. The molecule has 35 heavy (non-hydrogen) atoms. The minimum atomic E-state index is -0.344. The van der Waals surface area contributed by atoms with Crippen LogP contribution in [0.25, 0.3) is 0 Å². The molecular formula is C28H23ClFN3O2. The summed E-state index contributed by atoms with van der Waals surface area (Å²) < 4.78 is 13.4. The monoisotopic (exact) mass is 487 g/mol. The molecule has 4 rings (SSSR count). The summed E-state index contributed by atoms with van der Waals surface area (Å²) in [6.45, 7) is 0.622. The first kappa shape index (κ1) is 24.1. The maximum absolute atomic E-state index is 13.4. The summed E-state index contributed by atoms with van der Waals surface area (Å²) in [6, 6.07) is 23.7. The number of pyridine rings is 1. The number of halogens is 2. The molecule has 1 heterocycles. The fraction of sp³-hybridized carbons (Fsp3) is 0.107. The van der Waals surface area contributed by atoms with Crippen molar-refractivity contribution in [1.29, 1.82) is 0 Å². The van der Waals surface area contributed by atoms with Gasteiger partial charge in [-0.05, 0) is 71.3 Å². The van der Waals surface area contributed by atoms with Crippen molar-refractivity contribution in [3.05, 3.63) is 130 Å². The third-order valence-corrected chi connectivity index (χ3v) is 5.64. The maximum atomic E-state index is 13.4. The summed E-state index contributed by atoms with van der Waals surface area (Å²) in [7, 11) is 0. The van der Waals surface area contributed by atoms with Crippen molar-refractivity contribution in [1.82, 2.24) is 10.3 Å². The van der Waals surface area contributed by atoms with E-state index < -0.39 is 0 Å². The normalized spacial score (nSPS) is 10.6. The molecule has 0 atom stereocenters. The number of anilines is 1. The topological polar surface area (TPSA) is 62.3 Å². The van der Waals surface area contributed by atoms with Crippen molar-refractivity contribution in [3.63, 3.8) is 0 Å². The summed E-state index contributed by atoms with van der Waals surface area (Å²) in [5, 5.41) is 3.42. The van der Waals surface area contributed by atoms with Gasteiger partial charge in [0.05, 0.1) is 13.0 Å². The minimum Gasteiger partial charge on any atom is -0.352 e. The fourth-order valence-electron chi connectivity index (χ4n) is 3.59. The number of hydrogen-bond acceptors (Lipinski definition) is 3. The molecule has 7 heteroatoms. The van der Waals surface area contributed by atoms with Gasteiger partial charge in [0.2, 0.25) is 5.91 Å². The predicted molar refractivity (Wildman–Crippen MR) is 135 cm³/mol. The lowest BCUT2D eigenvalue weighted by Gasteiger charge is -2.24. The van der Waals surface area contributed by atoms with Crippen LogP contribution in [0.3, 0.4) is 0 Å². The second kappa shape index (κ2) is 11.4. The van der Waals surface area contributed by atoms with E-state index in [1.165, 1.54) is 12.1 Å². The molecule has 0 bridgehead atoms. The number of carbonyl (C=O) groups excluding carboxylic acids is 2. The van der Waals surface area contributed by atoms with E-state index in [1.807, 2.05) is 36.4 Å². The molecule has 1 aromatic heterocycles. The van der Waals surface area contributed by atoms with Crippen LogP contribution in [0.1, 0.15) is 27.0 Å². The van der Waals surface area contributed by atoms with Gasteiger partial charge < -0.3 is 10.2 Å². The van der Waals surface area contributed by atoms with Crippen LogP contribution in [-0.4, -0.2) is 16.8 Å². The molecule has 1 N–H and O–H groups in total. The highest BCUT2D eigenvalue weighted by Gasteiger charge is 2.19. The van der Waals surface area contributed by atoms with E-state index in [-0.39, 0.29) is 30.6 Å².